The number of carbonyl (C=O) groups excluding carboxylic acids is 2. The van der Waals surface area contributed by atoms with Gasteiger partial charge in [-0.25, -0.2) is 0 Å². The van der Waals surface area contributed by atoms with Gasteiger partial charge in [-0.15, -0.1) is 6.58 Å². The van der Waals surface area contributed by atoms with Gasteiger partial charge in [0, 0.05) is 6.54 Å². The molecule has 2 heterocycles. The smallest absolute Gasteiger partial charge is 0.288 e. The molecule has 2 fully saturated rings. The number of hydrogen-bond donors (Lipinski definition) is 1. The predicted molar refractivity (Wildman–Crippen MR) is 59.9 cm³/mol. The molecular weight excluding hydrogens is 204 g/mol. The first-order chi connectivity index (χ1) is 7.74. The molecule has 0 unspecified atom stereocenters. The number of hydrogen-bond acceptors (Lipinski definition) is 2. The van der Waals surface area contributed by atoms with E-state index in [1.54, 1.807) is 6.08 Å². The maximum absolute atomic E-state index is 12.0. The molecule has 2 aliphatic heterocycles. The normalized spacial score (nSPS) is 27.5. The van der Waals surface area contributed by atoms with Gasteiger partial charge < -0.3 is 4.90 Å². The Morgan fingerprint density at radius 3 is 2.62 bits per heavy atom. The minimum atomic E-state index is -0.118. The maximum Gasteiger partial charge on any atom is 0.288 e. The molecule has 2 saturated heterocycles. The van der Waals surface area contributed by atoms with Crippen LogP contribution in [0.1, 0.15) is 25.7 Å². The van der Waals surface area contributed by atoms with Crippen LogP contribution in [-0.2, 0) is 9.59 Å². The highest BCUT2D eigenvalue weighted by Gasteiger charge is 2.44. The second-order valence-corrected chi connectivity index (χ2v) is 4.61. The molecule has 2 rings (SSSR count). The molecule has 0 bridgehead atoms. The van der Waals surface area contributed by atoms with E-state index in [0.29, 0.717) is 13.0 Å². The molecule has 0 spiro atoms. The Hall–Kier alpha value is -1.16. The average molecular weight is 223 g/mol. The van der Waals surface area contributed by atoms with Gasteiger partial charge in [0.15, 0.2) is 6.04 Å². The number of rotatable bonds is 3. The fraction of sp³-hybridized carbons (Fsp3) is 0.667. The highest BCUT2D eigenvalue weighted by Crippen LogP contribution is 2.11. The number of carbonyl (C=O) groups is 2. The van der Waals surface area contributed by atoms with Gasteiger partial charge in [0.1, 0.15) is 0 Å². The van der Waals surface area contributed by atoms with E-state index in [1.807, 2.05) is 0 Å². The lowest BCUT2D eigenvalue weighted by atomic mass is 10.1. The van der Waals surface area contributed by atoms with E-state index in [-0.39, 0.29) is 17.9 Å². The second-order valence-electron chi connectivity index (χ2n) is 4.61. The van der Waals surface area contributed by atoms with Crippen molar-refractivity contribution >= 4 is 11.8 Å². The summed E-state index contributed by atoms with van der Waals surface area (Å²) in [5.41, 5.74) is 0. The van der Waals surface area contributed by atoms with Crippen molar-refractivity contribution in [2.24, 2.45) is 0 Å². The van der Waals surface area contributed by atoms with Crippen molar-refractivity contribution in [1.29, 1.82) is 0 Å². The fourth-order valence-corrected chi connectivity index (χ4v) is 2.68. The molecule has 0 aromatic rings. The lowest BCUT2D eigenvalue weighted by Gasteiger charge is -2.27. The largest absolute Gasteiger partial charge is 0.324 e. The second kappa shape index (κ2) is 4.78. The van der Waals surface area contributed by atoms with Crippen molar-refractivity contribution in [3.63, 3.8) is 0 Å². The standard InChI is InChI=1S/C12H18N2O2/c1-2-6-14-11(15)9-10(12(14)16)13-7-4-3-5-8-13/h2,10H,1,3-9H2/p+1/t10-/m1/s1. The summed E-state index contributed by atoms with van der Waals surface area (Å²) < 4.78 is 0. The van der Waals surface area contributed by atoms with Gasteiger partial charge in [-0.2, -0.15) is 0 Å². The van der Waals surface area contributed by atoms with Gasteiger partial charge in [0.2, 0.25) is 5.91 Å². The zero-order valence-corrected chi connectivity index (χ0v) is 9.58. The third-order valence-electron chi connectivity index (χ3n) is 3.54. The van der Waals surface area contributed by atoms with Crippen LogP contribution in [-0.4, -0.2) is 42.4 Å². The first kappa shape index (κ1) is 11.3. The molecule has 4 heteroatoms. The molecule has 0 saturated carbocycles. The first-order valence-electron chi connectivity index (χ1n) is 6.03. The molecule has 0 aliphatic carbocycles. The van der Waals surface area contributed by atoms with Gasteiger partial charge in [0.05, 0.1) is 19.5 Å². The molecule has 88 valence electrons. The lowest BCUT2D eigenvalue weighted by Crippen LogP contribution is -3.17. The Balaban J connectivity index is 2.04. The fourth-order valence-electron chi connectivity index (χ4n) is 2.68. The van der Waals surface area contributed by atoms with Gasteiger partial charge in [0.25, 0.3) is 5.91 Å². The monoisotopic (exact) mass is 223 g/mol. The van der Waals surface area contributed by atoms with Gasteiger partial charge in [-0.3, -0.25) is 14.5 Å². The van der Waals surface area contributed by atoms with Crippen molar-refractivity contribution in [2.75, 3.05) is 19.6 Å². The Morgan fingerprint density at radius 1 is 1.31 bits per heavy atom. The summed E-state index contributed by atoms with van der Waals surface area (Å²) in [4.78, 5) is 26.4. The van der Waals surface area contributed by atoms with E-state index in [0.717, 1.165) is 13.1 Å². The van der Waals surface area contributed by atoms with Crippen LogP contribution in [0.2, 0.25) is 0 Å². The number of quaternary nitrogens is 1. The number of likely N-dealkylation sites (tertiary alicyclic amines) is 2. The Labute approximate surface area is 95.9 Å². The molecule has 0 radical (unpaired) electrons. The number of amides is 2. The third-order valence-corrected chi connectivity index (χ3v) is 3.54. The van der Waals surface area contributed by atoms with Crippen LogP contribution in [0.15, 0.2) is 12.7 Å². The quantitative estimate of drug-likeness (QED) is 0.511. The number of piperidine rings is 1. The third kappa shape index (κ3) is 2.02. The van der Waals surface area contributed by atoms with Crippen molar-refractivity contribution in [3.05, 3.63) is 12.7 Å². The molecule has 0 aromatic carbocycles. The zero-order chi connectivity index (χ0) is 11.5. The molecule has 1 atom stereocenters. The molecule has 4 nitrogen and oxygen atoms in total. The van der Waals surface area contributed by atoms with Crippen LogP contribution in [0.25, 0.3) is 0 Å². The molecular formula is C12H19N2O2+. The van der Waals surface area contributed by atoms with Crippen LogP contribution in [0.4, 0.5) is 0 Å². The van der Waals surface area contributed by atoms with E-state index in [4.69, 9.17) is 0 Å². The van der Waals surface area contributed by atoms with E-state index in [1.165, 1.54) is 29.1 Å². The van der Waals surface area contributed by atoms with E-state index in [2.05, 4.69) is 6.58 Å². The van der Waals surface area contributed by atoms with Crippen molar-refractivity contribution in [3.8, 4) is 0 Å². The number of imide groups is 1. The SMILES string of the molecule is C=CCN1C(=O)C[C@@H]([NH+]2CCCCC2)C1=O. The van der Waals surface area contributed by atoms with Crippen molar-refractivity contribution in [2.45, 2.75) is 31.7 Å². The summed E-state index contributed by atoms with van der Waals surface area (Å²) in [7, 11) is 0. The minimum absolute atomic E-state index is 0.00167. The summed E-state index contributed by atoms with van der Waals surface area (Å²) in [6.45, 7) is 6.01. The topological polar surface area (TPSA) is 41.8 Å². The van der Waals surface area contributed by atoms with Crippen LogP contribution < -0.4 is 4.90 Å². The summed E-state index contributed by atoms with van der Waals surface area (Å²) in [6.07, 6.45) is 5.62. The highest BCUT2D eigenvalue weighted by molar-refractivity contribution is 6.04. The Morgan fingerprint density at radius 2 is 2.00 bits per heavy atom. The Bertz CT molecular complexity index is 308. The van der Waals surface area contributed by atoms with Gasteiger partial charge in [-0.1, -0.05) is 6.08 Å². The Kier molecular flexibility index (Phi) is 3.39. The first-order valence-corrected chi connectivity index (χ1v) is 6.03. The molecule has 2 aliphatic rings. The van der Waals surface area contributed by atoms with Crippen molar-refractivity contribution in [1.82, 2.24) is 4.90 Å². The van der Waals surface area contributed by atoms with E-state index in [9.17, 15) is 9.59 Å². The van der Waals surface area contributed by atoms with Crippen LogP contribution >= 0.6 is 0 Å². The summed E-state index contributed by atoms with van der Waals surface area (Å²) in [5, 5.41) is 0. The maximum atomic E-state index is 12.0. The van der Waals surface area contributed by atoms with Crippen LogP contribution in [0, 0.1) is 0 Å². The minimum Gasteiger partial charge on any atom is -0.324 e. The highest BCUT2D eigenvalue weighted by atomic mass is 16.2. The number of nitrogens with one attached hydrogen (secondary N) is 1. The van der Waals surface area contributed by atoms with Crippen LogP contribution in [0.3, 0.4) is 0 Å². The molecule has 0 aromatic heterocycles. The summed E-state index contributed by atoms with van der Waals surface area (Å²) in [5.74, 6) is -0.0326. The van der Waals surface area contributed by atoms with Gasteiger partial charge in [-0.05, 0) is 19.3 Å². The lowest BCUT2D eigenvalue weighted by molar-refractivity contribution is -0.919. The van der Waals surface area contributed by atoms with E-state index >= 15 is 0 Å². The molecule has 16 heavy (non-hydrogen) atoms. The van der Waals surface area contributed by atoms with Gasteiger partial charge >= 0.3 is 0 Å². The molecule has 2 amide bonds. The van der Waals surface area contributed by atoms with Crippen LogP contribution in [0.5, 0.6) is 0 Å². The summed E-state index contributed by atoms with van der Waals surface area (Å²) in [6, 6.07) is -0.118. The molecule has 1 N–H and O–H groups in total. The zero-order valence-electron chi connectivity index (χ0n) is 9.58. The van der Waals surface area contributed by atoms with Crippen molar-refractivity contribution < 1.29 is 14.5 Å². The predicted octanol–water partition coefficient (Wildman–Crippen LogP) is -0.631. The van der Waals surface area contributed by atoms with E-state index < -0.39 is 0 Å². The average Bonchev–Trinajstić information content (AvgIpc) is 2.59. The summed E-state index contributed by atoms with van der Waals surface area (Å²) >= 11 is 0. The number of nitrogens with zero attached hydrogens (tertiary/aromatic N) is 1.